The molecule has 1 aliphatic carbocycles. The fraction of sp³-hybridized carbons (Fsp3) is 0.389. The second-order valence-electron chi connectivity index (χ2n) is 6.44. The van der Waals surface area contributed by atoms with Crippen LogP contribution in [0.4, 0.5) is 0 Å². The summed E-state index contributed by atoms with van der Waals surface area (Å²) in [5.74, 6) is 2.84. The van der Waals surface area contributed by atoms with E-state index in [-0.39, 0.29) is 0 Å². The second kappa shape index (κ2) is 6.68. The van der Waals surface area contributed by atoms with Crippen LogP contribution in [0, 0.1) is 0 Å². The Kier molecular flexibility index (Phi) is 4.23. The van der Waals surface area contributed by atoms with E-state index < -0.39 is 0 Å². The van der Waals surface area contributed by atoms with Crippen molar-refractivity contribution >= 4 is 0 Å². The maximum Gasteiger partial charge on any atom is 0.240 e. The highest BCUT2D eigenvalue weighted by Gasteiger charge is 2.28. The number of hydrogen-bond acceptors (Lipinski definition) is 6. The first-order valence-corrected chi connectivity index (χ1v) is 8.41. The standard InChI is InChI=1S/C18H21N5O2/c1-22(12-17-20-18(21-25-17)13-4-5-13)11-14-10-15(24-2)6-7-16(14)23-9-3-8-19-23/h3,6-10,13H,4-5,11-12H2,1-2H3. The summed E-state index contributed by atoms with van der Waals surface area (Å²) in [6, 6.07) is 7.92. The van der Waals surface area contributed by atoms with Crippen LogP contribution in [0.5, 0.6) is 5.75 Å². The molecule has 0 aliphatic heterocycles. The molecule has 0 unspecified atom stereocenters. The molecule has 25 heavy (non-hydrogen) atoms. The van der Waals surface area contributed by atoms with Gasteiger partial charge < -0.3 is 9.26 Å². The Balaban J connectivity index is 1.51. The third kappa shape index (κ3) is 3.56. The highest BCUT2D eigenvalue weighted by Crippen LogP contribution is 2.38. The minimum absolute atomic E-state index is 0.507. The van der Waals surface area contributed by atoms with Gasteiger partial charge >= 0.3 is 0 Å². The topological polar surface area (TPSA) is 69.2 Å². The van der Waals surface area contributed by atoms with E-state index >= 15 is 0 Å². The quantitative estimate of drug-likeness (QED) is 0.659. The molecule has 2 heterocycles. The molecule has 7 nitrogen and oxygen atoms in total. The zero-order chi connectivity index (χ0) is 17.2. The predicted molar refractivity (Wildman–Crippen MR) is 91.6 cm³/mol. The first-order chi connectivity index (χ1) is 12.2. The lowest BCUT2D eigenvalue weighted by Gasteiger charge is -2.18. The summed E-state index contributed by atoms with van der Waals surface area (Å²) < 4.78 is 12.6. The Hall–Kier alpha value is -2.67. The molecule has 4 rings (SSSR count). The van der Waals surface area contributed by atoms with Crippen LogP contribution in [0.15, 0.2) is 41.2 Å². The molecule has 0 N–H and O–H groups in total. The fourth-order valence-corrected chi connectivity index (χ4v) is 2.87. The van der Waals surface area contributed by atoms with Gasteiger partial charge in [-0.3, -0.25) is 4.90 Å². The van der Waals surface area contributed by atoms with E-state index in [1.807, 2.05) is 42.2 Å². The summed E-state index contributed by atoms with van der Waals surface area (Å²) in [5, 5.41) is 8.42. The van der Waals surface area contributed by atoms with Crippen LogP contribution in [0.3, 0.4) is 0 Å². The van der Waals surface area contributed by atoms with E-state index in [1.54, 1.807) is 13.3 Å². The van der Waals surface area contributed by atoms with Crippen molar-refractivity contribution < 1.29 is 9.26 Å². The number of benzene rings is 1. The molecule has 0 amide bonds. The van der Waals surface area contributed by atoms with Crippen molar-refractivity contribution in [3.8, 4) is 11.4 Å². The molecule has 0 bridgehead atoms. The normalized spacial score (nSPS) is 14.2. The van der Waals surface area contributed by atoms with Gasteiger partial charge in [-0.15, -0.1) is 0 Å². The van der Waals surface area contributed by atoms with Crippen molar-refractivity contribution in [3.05, 3.63) is 53.9 Å². The highest BCUT2D eigenvalue weighted by molar-refractivity contribution is 5.45. The predicted octanol–water partition coefficient (Wildman–Crippen LogP) is 2.77. The lowest BCUT2D eigenvalue weighted by Crippen LogP contribution is -2.19. The number of ether oxygens (including phenoxy) is 1. The SMILES string of the molecule is COc1ccc(-n2cccn2)c(CN(C)Cc2nc(C3CC3)no2)c1. The zero-order valence-electron chi connectivity index (χ0n) is 14.4. The van der Waals surface area contributed by atoms with Gasteiger partial charge in [0.25, 0.3) is 0 Å². The number of nitrogens with zero attached hydrogens (tertiary/aromatic N) is 5. The molecule has 1 fully saturated rings. The Morgan fingerprint density at radius 1 is 1.32 bits per heavy atom. The molecule has 0 radical (unpaired) electrons. The summed E-state index contributed by atoms with van der Waals surface area (Å²) in [7, 11) is 3.71. The van der Waals surface area contributed by atoms with Gasteiger partial charge in [0, 0.05) is 24.9 Å². The summed E-state index contributed by atoms with van der Waals surface area (Å²) in [5.41, 5.74) is 2.15. The van der Waals surface area contributed by atoms with Crippen LogP contribution >= 0.6 is 0 Å². The van der Waals surface area contributed by atoms with Gasteiger partial charge in [-0.1, -0.05) is 5.16 Å². The minimum atomic E-state index is 0.507. The van der Waals surface area contributed by atoms with E-state index in [1.165, 1.54) is 12.8 Å². The molecule has 0 atom stereocenters. The molecule has 3 aromatic rings. The molecular weight excluding hydrogens is 318 g/mol. The first-order valence-electron chi connectivity index (χ1n) is 8.41. The van der Waals surface area contributed by atoms with Gasteiger partial charge in [0.05, 0.1) is 19.3 Å². The van der Waals surface area contributed by atoms with E-state index in [0.29, 0.717) is 24.9 Å². The number of methoxy groups -OCH3 is 1. The Morgan fingerprint density at radius 2 is 2.20 bits per heavy atom. The monoisotopic (exact) mass is 339 g/mol. The maximum atomic E-state index is 5.38. The van der Waals surface area contributed by atoms with Gasteiger partial charge in [-0.2, -0.15) is 10.1 Å². The second-order valence-corrected chi connectivity index (χ2v) is 6.44. The van der Waals surface area contributed by atoms with Gasteiger partial charge in [-0.05, 0) is 49.7 Å². The van der Waals surface area contributed by atoms with E-state index in [0.717, 1.165) is 22.8 Å². The van der Waals surface area contributed by atoms with Gasteiger partial charge in [0.15, 0.2) is 5.82 Å². The molecule has 2 aromatic heterocycles. The van der Waals surface area contributed by atoms with Gasteiger partial charge in [0.2, 0.25) is 5.89 Å². The number of rotatable bonds is 7. The third-order valence-corrected chi connectivity index (χ3v) is 4.31. The highest BCUT2D eigenvalue weighted by atomic mass is 16.5. The van der Waals surface area contributed by atoms with E-state index in [4.69, 9.17) is 9.26 Å². The lowest BCUT2D eigenvalue weighted by molar-refractivity contribution is 0.259. The number of aromatic nitrogens is 4. The molecular formula is C18H21N5O2. The zero-order valence-corrected chi connectivity index (χ0v) is 14.4. The minimum Gasteiger partial charge on any atom is -0.497 e. The molecule has 130 valence electrons. The summed E-state index contributed by atoms with van der Waals surface area (Å²) in [6.07, 6.45) is 6.05. The van der Waals surface area contributed by atoms with Crippen LogP contribution in [0.25, 0.3) is 5.69 Å². The van der Waals surface area contributed by atoms with Crippen LogP contribution in [0.2, 0.25) is 0 Å². The Morgan fingerprint density at radius 3 is 2.92 bits per heavy atom. The molecule has 1 saturated carbocycles. The van der Waals surface area contributed by atoms with Crippen LogP contribution < -0.4 is 4.74 Å². The molecule has 0 spiro atoms. The van der Waals surface area contributed by atoms with Crippen molar-refractivity contribution in [2.24, 2.45) is 0 Å². The van der Waals surface area contributed by atoms with Crippen molar-refractivity contribution in [1.29, 1.82) is 0 Å². The maximum absolute atomic E-state index is 5.38. The van der Waals surface area contributed by atoms with Crippen LogP contribution in [0.1, 0.15) is 36.0 Å². The van der Waals surface area contributed by atoms with Crippen LogP contribution in [-0.2, 0) is 13.1 Å². The van der Waals surface area contributed by atoms with Crippen LogP contribution in [-0.4, -0.2) is 39.0 Å². The van der Waals surface area contributed by atoms with Gasteiger partial charge in [0.1, 0.15) is 5.75 Å². The Bertz CT molecular complexity index is 839. The Labute approximate surface area is 146 Å². The summed E-state index contributed by atoms with van der Waals surface area (Å²) in [4.78, 5) is 6.64. The fourth-order valence-electron chi connectivity index (χ4n) is 2.87. The summed E-state index contributed by atoms with van der Waals surface area (Å²) >= 11 is 0. The van der Waals surface area contributed by atoms with Crippen molar-refractivity contribution in [1.82, 2.24) is 24.8 Å². The van der Waals surface area contributed by atoms with E-state index in [9.17, 15) is 0 Å². The largest absolute Gasteiger partial charge is 0.497 e. The van der Waals surface area contributed by atoms with Crippen molar-refractivity contribution in [2.75, 3.05) is 14.2 Å². The average Bonchev–Trinajstić information content (AvgIpc) is 3.12. The van der Waals surface area contributed by atoms with Crippen molar-refractivity contribution in [2.45, 2.75) is 31.8 Å². The smallest absolute Gasteiger partial charge is 0.240 e. The number of hydrogen-bond donors (Lipinski definition) is 0. The van der Waals surface area contributed by atoms with Gasteiger partial charge in [-0.25, -0.2) is 4.68 Å². The molecule has 7 heteroatoms. The molecule has 1 aliphatic rings. The average molecular weight is 339 g/mol. The van der Waals surface area contributed by atoms with E-state index in [2.05, 4.69) is 20.1 Å². The summed E-state index contributed by atoms with van der Waals surface area (Å²) in [6.45, 7) is 1.32. The van der Waals surface area contributed by atoms with Crippen molar-refractivity contribution in [3.63, 3.8) is 0 Å². The third-order valence-electron chi connectivity index (χ3n) is 4.31. The molecule has 1 aromatic carbocycles. The first kappa shape index (κ1) is 15.8. The molecule has 0 saturated heterocycles. The lowest BCUT2D eigenvalue weighted by atomic mass is 10.1.